The van der Waals surface area contributed by atoms with Crippen LogP contribution in [0.1, 0.15) is 26.7 Å². The minimum absolute atomic E-state index is 0.0646. The van der Waals surface area contributed by atoms with Gasteiger partial charge in [-0.2, -0.15) is 0 Å². The van der Waals surface area contributed by atoms with Crippen molar-refractivity contribution >= 4 is 11.9 Å². The fraction of sp³-hybridized carbons (Fsp3) is 0.800. The lowest BCUT2D eigenvalue weighted by Crippen LogP contribution is -2.34. The van der Waals surface area contributed by atoms with E-state index >= 15 is 0 Å². The molecule has 0 spiro atoms. The molecule has 1 heterocycles. The van der Waals surface area contributed by atoms with E-state index in [4.69, 9.17) is 0 Å². The Bertz CT molecular complexity index is 240. The van der Waals surface area contributed by atoms with Crippen molar-refractivity contribution in [3.05, 3.63) is 0 Å². The smallest absolute Gasteiger partial charge is 0.310 e. The largest absolute Gasteiger partial charge is 0.469 e. The number of rotatable bonds is 3. The maximum atomic E-state index is 11.5. The maximum Gasteiger partial charge on any atom is 0.310 e. The third kappa shape index (κ3) is 2.05. The lowest BCUT2D eigenvalue weighted by molar-refractivity contribution is -0.145. The van der Waals surface area contributed by atoms with Gasteiger partial charge in [-0.3, -0.25) is 9.59 Å². The summed E-state index contributed by atoms with van der Waals surface area (Å²) in [6.07, 6.45) is 1.22. The van der Waals surface area contributed by atoms with Gasteiger partial charge in [0.1, 0.15) is 0 Å². The minimum atomic E-state index is -0.274. The van der Waals surface area contributed by atoms with Crippen LogP contribution in [-0.2, 0) is 14.3 Å². The topological polar surface area (TPSA) is 46.6 Å². The molecule has 1 rings (SSSR count). The highest BCUT2D eigenvalue weighted by molar-refractivity contribution is 5.86. The summed E-state index contributed by atoms with van der Waals surface area (Å²) in [6.45, 7) is 4.54. The van der Waals surface area contributed by atoms with E-state index in [1.165, 1.54) is 7.11 Å². The number of ether oxygens (including phenoxy) is 1. The molecule has 0 aromatic rings. The lowest BCUT2D eigenvalue weighted by atomic mass is 10.1. The van der Waals surface area contributed by atoms with Gasteiger partial charge < -0.3 is 9.64 Å². The molecule has 1 aliphatic heterocycles. The van der Waals surface area contributed by atoms with E-state index in [1.807, 2.05) is 13.8 Å². The van der Waals surface area contributed by atoms with Gasteiger partial charge in [0.2, 0.25) is 5.91 Å². The summed E-state index contributed by atoms with van der Waals surface area (Å²) in [6, 6.07) is 0.220. The van der Waals surface area contributed by atoms with Crippen molar-refractivity contribution < 1.29 is 14.3 Å². The first kappa shape index (κ1) is 11.0. The van der Waals surface area contributed by atoms with Crippen LogP contribution in [0.3, 0.4) is 0 Å². The molecule has 14 heavy (non-hydrogen) atoms. The zero-order chi connectivity index (χ0) is 10.7. The number of carbonyl (C=O) groups is 2. The van der Waals surface area contributed by atoms with Crippen molar-refractivity contribution in [3.63, 3.8) is 0 Å². The molecule has 4 heteroatoms. The average molecular weight is 199 g/mol. The monoisotopic (exact) mass is 199 g/mol. The van der Waals surface area contributed by atoms with Crippen LogP contribution >= 0.6 is 0 Å². The Morgan fingerprint density at radius 3 is 2.86 bits per heavy atom. The second-order valence-electron chi connectivity index (χ2n) is 3.73. The molecule has 2 atom stereocenters. The molecule has 1 amide bonds. The van der Waals surface area contributed by atoms with Gasteiger partial charge in [0.05, 0.1) is 13.0 Å². The summed E-state index contributed by atoms with van der Waals surface area (Å²) in [5, 5.41) is 0. The summed E-state index contributed by atoms with van der Waals surface area (Å²) in [5.74, 6) is -0.472. The molecule has 0 N–H and O–H groups in total. The highest BCUT2D eigenvalue weighted by atomic mass is 16.5. The second kappa shape index (κ2) is 4.44. The Hall–Kier alpha value is -1.06. The van der Waals surface area contributed by atoms with Crippen LogP contribution in [0.2, 0.25) is 0 Å². The van der Waals surface area contributed by atoms with E-state index in [1.54, 1.807) is 4.90 Å². The van der Waals surface area contributed by atoms with Crippen molar-refractivity contribution in [2.45, 2.75) is 32.7 Å². The van der Waals surface area contributed by atoms with Gasteiger partial charge in [0.25, 0.3) is 0 Å². The van der Waals surface area contributed by atoms with E-state index in [9.17, 15) is 9.59 Å². The Labute approximate surface area is 84.2 Å². The highest BCUT2D eigenvalue weighted by Gasteiger charge is 2.36. The summed E-state index contributed by atoms with van der Waals surface area (Å²) in [5.41, 5.74) is 0. The molecule has 0 saturated carbocycles. The number of nitrogens with zero attached hydrogens (tertiary/aromatic N) is 1. The molecular formula is C10H17NO3. The fourth-order valence-electron chi connectivity index (χ4n) is 1.70. The summed E-state index contributed by atoms with van der Waals surface area (Å²) < 4.78 is 4.63. The Kier molecular flexibility index (Phi) is 3.49. The molecule has 0 bridgehead atoms. The van der Waals surface area contributed by atoms with Crippen LogP contribution in [0.4, 0.5) is 0 Å². The Morgan fingerprint density at radius 2 is 2.36 bits per heavy atom. The van der Waals surface area contributed by atoms with Crippen molar-refractivity contribution in [1.29, 1.82) is 0 Å². The lowest BCUT2D eigenvalue weighted by Gasteiger charge is -2.23. The summed E-state index contributed by atoms with van der Waals surface area (Å²) in [7, 11) is 1.36. The SMILES string of the molecule is CC[C@H](C)N1C[C@H](C(=O)OC)CC1=O. The molecule has 0 unspecified atom stereocenters. The minimum Gasteiger partial charge on any atom is -0.469 e. The number of amides is 1. The van der Waals surface area contributed by atoms with Gasteiger partial charge in [-0.15, -0.1) is 0 Å². The van der Waals surface area contributed by atoms with Crippen LogP contribution < -0.4 is 0 Å². The molecule has 0 aromatic carbocycles. The standard InChI is InChI=1S/C10H17NO3/c1-4-7(2)11-6-8(5-9(11)12)10(13)14-3/h7-8H,4-6H2,1-3H3/t7-,8+/m0/s1. The van der Waals surface area contributed by atoms with Crippen LogP contribution in [0.25, 0.3) is 0 Å². The summed E-state index contributed by atoms with van der Waals surface area (Å²) in [4.78, 5) is 24.5. The maximum absolute atomic E-state index is 11.5. The normalized spacial score (nSPS) is 23.8. The molecule has 1 saturated heterocycles. The van der Waals surface area contributed by atoms with Crippen LogP contribution in [0.15, 0.2) is 0 Å². The average Bonchev–Trinajstić information content (AvgIpc) is 2.58. The van der Waals surface area contributed by atoms with Crippen LogP contribution in [0.5, 0.6) is 0 Å². The van der Waals surface area contributed by atoms with E-state index < -0.39 is 0 Å². The molecule has 4 nitrogen and oxygen atoms in total. The predicted octanol–water partition coefficient (Wildman–Crippen LogP) is 0.806. The van der Waals surface area contributed by atoms with E-state index in [-0.39, 0.29) is 23.8 Å². The summed E-state index contributed by atoms with van der Waals surface area (Å²) >= 11 is 0. The second-order valence-corrected chi connectivity index (χ2v) is 3.73. The predicted molar refractivity (Wildman–Crippen MR) is 51.6 cm³/mol. The van der Waals surface area contributed by atoms with Crippen molar-refractivity contribution in [2.24, 2.45) is 5.92 Å². The van der Waals surface area contributed by atoms with Gasteiger partial charge in [-0.25, -0.2) is 0 Å². The van der Waals surface area contributed by atoms with Gasteiger partial charge in [0, 0.05) is 19.0 Å². The molecule has 80 valence electrons. The first-order valence-corrected chi connectivity index (χ1v) is 4.97. The number of likely N-dealkylation sites (tertiary alicyclic amines) is 1. The Morgan fingerprint density at radius 1 is 1.71 bits per heavy atom. The first-order valence-electron chi connectivity index (χ1n) is 4.97. The first-order chi connectivity index (χ1) is 6.60. The van der Waals surface area contributed by atoms with Gasteiger partial charge in [-0.1, -0.05) is 6.92 Å². The quantitative estimate of drug-likeness (QED) is 0.632. The van der Waals surface area contributed by atoms with E-state index in [2.05, 4.69) is 4.74 Å². The zero-order valence-electron chi connectivity index (χ0n) is 8.95. The molecule has 1 fully saturated rings. The molecule has 0 aromatic heterocycles. The fourth-order valence-corrected chi connectivity index (χ4v) is 1.70. The number of esters is 1. The zero-order valence-corrected chi connectivity index (χ0v) is 8.95. The van der Waals surface area contributed by atoms with Crippen LogP contribution in [0, 0.1) is 5.92 Å². The molecule has 1 aliphatic rings. The van der Waals surface area contributed by atoms with Gasteiger partial charge >= 0.3 is 5.97 Å². The van der Waals surface area contributed by atoms with E-state index in [0.29, 0.717) is 13.0 Å². The van der Waals surface area contributed by atoms with Crippen molar-refractivity contribution in [1.82, 2.24) is 4.90 Å². The highest BCUT2D eigenvalue weighted by Crippen LogP contribution is 2.22. The van der Waals surface area contributed by atoms with Gasteiger partial charge in [0.15, 0.2) is 0 Å². The molecular weight excluding hydrogens is 182 g/mol. The molecule has 0 aliphatic carbocycles. The molecule has 0 radical (unpaired) electrons. The third-order valence-corrected chi connectivity index (χ3v) is 2.82. The van der Waals surface area contributed by atoms with Crippen LogP contribution in [-0.4, -0.2) is 36.5 Å². The Balaban J connectivity index is 2.60. The van der Waals surface area contributed by atoms with E-state index in [0.717, 1.165) is 6.42 Å². The van der Waals surface area contributed by atoms with Crippen molar-refractivity contribution in [2.75, 3.05) is 13.7 Å². The number of hydrogen-bond acceptors (Lipinski definition) is 3. The third-order valence-electron chi connectivity index (χ3n) is 2.82. The van der Waals surface area contributed by atoms with Crippen molar-refractivity contribution in [3.8, 4) is 0 Å². The number of hydrogen-bond donors (Lipinski definition) is 0. The number of methoxy groups -OCH3 is 1. The number of carbonyl (C=O) groups excluding carboxylic acids is 2. The van der Waals surface area contributed by atoms with Gasteiger partial charge in [-0.05, 0) is 13.3 Å².